The van der Waals surface area contributed by atoms with E-state index in [4.69, 9.17) is 5.73 Å². The lowest BCUT2D eigenvalue weighted by atomic mass is 10.1. The van der Waals surface area contributed by atoms with E-state index in [1.54, 1.807) is 10.7 Å². The summed E-state index contributed by atoms with van der Waals surface area (Å²) in [6, 6.07) is 2.96. The fourth-order valence-electron chi connectivity index (χ4n) is 3.03. The number of anilines is 1. The maximum Gasteiger partial charge on any atom is 0.338 e. The molecule has 2 heterocycles. The molecular weight excluding hydrogens is 296 g/mol. The summed E-state index contributed by atoms with van der Waals surface area (Å²) in [5.41, 5.74) is 6.92. The van der Waals surface area contributed by atoms with Crippen LogP contribution in [0.3, 0.4) is 0 Å². The molecule has 0 radical (unpaired) electrons. The molecule has 8 heteroatoms. The summed E-state index contributed by atoms with van der Waals surface area (Å²) in [6.07, 6.45) is 3.91. The Hall–Kier alpha value is -2.35. The Morgan fingerprint density at radius 1 is 1.52 bits per heavy atom. The topological polar surface area (TPSA) is 109 Å². The van der Waals surface area contributed by atoms with Gasteiger partial charge in [0.05, 0.1) is 12.2 Å². The van der Waals surface area contributed by atoms with Gasteiger partial charge >= 0.3 is 6.03 Å². The van der Waals surface area contributed by atoms with Crippen LogP contribution in [-0.2, 0) is 0 Å². The minimum Gasteiger partial charge on any atom is -0.367 e. The molecule has 2 aromatic heterocycles. The molecule has 1 saturated carbocycles. The van der Waals surface area contributed by atoms with Gasteiger partial charge in [-0.15, -0.1) is 0 Å². The van der Waals surface area contributed by atoms with Gasteiger partial charge in [-0.3, -0.25) is 5.21 Å². The molecule has 1 fully saturated rings. The van der Waals surface area contributed by atoms with Gasteiger partial charge in [-0.1, -0.05) is 13.8 Å². The number of carbonyl (C=O) groups excluding carboxylic acids is 1. The fraction of sp³-hybridized carbons (Fsp3) is 0.533. The van der Waals surface area contributed by atoms with E-state index in [0.717, 1.165) is 23.6 Å². The van der Waals surface area contributed by atoms with Crippen LogP contribution in [0.15, 0.2) is 18.3 Å². The largest absolute Gasteiger partial charge is 0.367 e. The van der Waals surface area contributed by atoms with E-state index in [1.807, 2.05) is 12.1 Å². The summed E-state index contributed by atoms with van der Waals surface area (Å²) in [5.74, 6) is 1.19. The fourth-order valence-corrected chi connectivity index (χ4v) is 3.03. The number of hydroxylamine groups is 2. The van der Waals surface area contributed by atoms with Gasteiger partial charge in [0.25, 0.3) is 0 Å². The molecule has 23 heavy (non-hydrogen) atoms. The third kappa shape index (κ3) is 3.07. The first-order chi connectivity index (χ1) is 11.0. The number of nitrogens with zero attached hydrogens (tertiary/aromatic N) is 4. The second-order valence-electron chi connectivity index (χ2n) is 6.31. The van der Waals surface area contributed by atoms with E-state index in [-0.39, 0.29) is 12.1 Å². The lowest BCUT2D eigenvalue weighted by molar-refractivity contribution is -0.0728. The molecule has 124 valence electrons. The van der Waals surface area contributed by atoms with Gasteiger partial charge in [-0.2, -0.15) is 9.61 Å². The Balaban J connectivity index is 1.79. The number of aromatic nitrogens is 3. The molecule has 2 amide bonds. The number of carbonyl (C=O) groups is 1. The van der Waals surface area contributed by atoms with Crippen LogP contribution in [0.1, 0.15) is 44.7 Å². The smallest absolute Gasteiger partial charge is 0.338 e. The van der Waals surface area contributed by atoms with Crippen LogP contribution in [-0.4, -0.2) is 43.0 Å². The van der Waals surface area contributed by atoms with Crippen LogP contribution in [0.5, 0.6) is 0 Å². The molecule has 0 aromatic carbocycles. The van der Waals surface area contributed by atoms with E-state index >= 15 is 0 Å². The van der Waals surface area contributed by atoms with Crippen LogP contribution in [0.4, 0.5) is 10.6 Å². The van der Waals surface area contributed by atoms with E-state index in [9.17, 15) is 10.0 Å². The van der Waals surface area contributed by atoms with E-state index < -0.39 is 6.03 Å². The number of amides is 2. The number of nitrogens with two attached hydrogens (primary N) is 1. The number of nitrogens with one attached hydrogen (secondary N) is 1. The van der Waals surface area contributed by atoms with Crippen molar-refractivity contribution in [3.8, 4) is 0 Å². The number of hydrogen-bond donors (Lipinski definition) is 3. The molecule has 1 aliphatic carbocycles. The summed E-state index contributed by atoms with van der Waals surface area (Å²) in [5, 5.41) is 18.1. The molecule has 0 aliphatic heterocycles. The zero-order valence-electron chi connectivity index (χ0n) is 13.3. The summed E-state index contributed by atoms with van der Waals surface area (Å²) in [7, 11) is 0. The third-order valence-corrected chi connectivity index (χ3v) is 4.30. The van der Waals surface area contributed by atoms with Crippen LogP contribution >= 0.6 is 0 Å². The minimum absolute atomic E-state index is 0.142. The van der Waals surface area contributed by atoms with Crippen molar-refractivity contribution in [1.29, 1.82) is 0 Å². The molecule has 3 rings (SSSR count). The van der Waals surface area contributed by atoms with Gasteiger partial charge in [-0.25, -0.2) is 14.8 Å². The van der Waals surface area contributed by atoms with Crippen LogP contribution in [0, 0.1) is 0 Å². The number of fused-ring (bicyclic) bond motifs is 1. The maximum absolute atomic E-state index is 11.1. The second kappa shape index (κ2) is 6.04. The zero-order chi connectivity index (χ0) is 16.6. The normalized spacial score (nSPS) is 21.0. The molecule has 1 aliphatic rings. The van der Waals surface area contributed by atoms with Gasteiger partial charge in [0, 0.05) is 23.9 Å². The number of rotatable bonds is 4. The molecule has 4 N–H and O–H groups in total. The summed E-state index contributed by atoms with van der Waals surface area (Å²) < 4.78 is 1.77. The van der Waals surface area contributed by atoms with Gasteiger partial charge in [-0.05, 0) is 25.2 Å². The van der Waals surface area contributed by atoms with Crippen molar-refractivity contribution in [3.63, 3.8) is 0 Å². The van der Waals surface area contributed by atoms with E-state index in [1.165, 1.54) is 0 Å². The van der Waals surface area contributed by atoms with E-state index in [2.05, 4.69) is 29.2 Å². The highest BCUT2D eigenvalue weighted by Crippen LogP contribution is 2.27. The maximum atomic E-state index is 11.1. The predicted octanol–water partition coefficient (Wildman–Crippen LogP) is 1.96. The van der Waals surface area contributed by atoms with Crippen molar-refractivity contribution in [2.24, 2.45) is 5.73 Å². The highest BCUT2D eigenvalue weighted by Gasteiger charge is 2.31. The minimum atomic E-state index is -0.809. The van der Waals surface area contributed by atoms with Crippen LogP contribution < -0.4 is 11.1 Å². The van der Waals surface area contributed by atoms with Gasteiger partial charge in [0.2, 0.25) is 0 Å². The van der Waals surface area contributed by atoms with Crippen LogP contribution in [0.2, 0.25) is 0 Å². The monoisotopic (exact) mass is 318 g/mol. The second-order valence-corrected chi connectivity index (χ2v) is 6.31. The first kappa shape index (κ1) is 15.5. The standard InChI is InChI=1S/C15H22N6O2/c1-9(2)12-8-14(20-13(19-12)5-6-17-20)18-10-3-4-11(7-10)21(23)15(16)22/h5-6,8-11,18,23H,3-4,7H2,1-2H3,(H2,16,22)/t10-,11-/m1/s1. The van der Waals surface area contributed by atoms with Gasteiger partial charge < -0.3 is 11.1 Å². The molecular formula is C15H22N6O2. The molecule has 0 unspecified atom stereocenters. The van der Waals surface area contributed by atoms with Crippen molar-refractivity contribution in [2.45, 2.75) is 51.1 Å². The van der Waals surface area contributed by atoms with E-state index in [0.29, 0.717) is 23.8 Å². The summed E-state index contributed by atoms with van der Waals surface area (Å²) in [4.78, 5) is 15.7. The average molecular weight is 318 g/mol. The third-order valence-electron chi connectivity index (χ3n) is 4.30. The Labute approximate surface area is 134 Å². The Kier molecular flexibility index (Phi) is 4.08. The average Bonchev–Trinajstić information content (AvgIpc) is 3.14. The van der Waals surface area contributed by atoms with Crippen LogP contribution in [0.25, 0.3) is 5.65 Å². The Bertz CT molecular complexity index is 713. The first-order valence-electron chi connectivity index (χ1n) is 7.84. The molecule has 2 atom stereocenters. The summed E-state index contributed by atoms with van der Waals surface area (Å²) >= 11 is 0. The quantitative estimate of drug-likeness (QED) is 0.590. The lowest BCUT2D eigenvalue weighted by Crippen LogP contribution is -2.40. The molecule has 8 nitrogen and oxygen atoms in total. The number of hydrogen-bond acceptors (Lipinski definition) is 5. The Morgan fingerprint density at radius 3 is 3.00 bits per heavy atom. The Morgan fingerprint density at radius 2 is 2.30 bits per heavy atom. The lowest BCUT2D eigenvalue weighted by Gasteiger charge is -2.20. The van der Waals surface area contributed by atoms with Crippen molar-refractivity contribution in [1.82, 2.24) is 19.7 Å². The predicted molar refractivity (Wildman–Crippen MR) is 85.3 cm³/mol. The first-order valence-corrected chi connectivity index (χ1v) is 7.84. The van der Waals surface area contributed by atoms with Crippen molar-refractivity contribution < 1.29 is 10.0 Å². The van der Waals surface area contributed by atoms with Crippen molar-refractivity contribution >= 4 is 17.5 Å². The van der Waals surface area contributed by atoms with Gasteiger partial charge in [0.1, 0.15) is 5.82 Å². The molecule has 0 spiro atoms. The summed E-state index contributed by atoms with van der Waals surface area (Å²) in [6.45, 7) is 4.20. The highest BCUT2D eigenvalue weighted by molar-refractivity contribution is 5.71. The zero-order valence-corrected chi connectivity index (χ0v) is 13.3. The highest BCUT2D eigenvalue weighted by atomic mass is 16.5. The van der Waals surface area contributed by atoms with Gasteiger partial charge in [0.15, 0.2) is 5.65 Å². The molecule has 2 aromatic rings. The SMILES string of the molecule is CC(C)c1cc(N[C@@H]2CC[C@@H](N(O)C(N)=O)C2)n2nccc2n1. The van der Waals surface area contributed by atoms with Crippen molar-refractivity contribution in [2.75, 3.05) is 5.32 Å². The molecule has 0 bridgehead atoms. The molecule has 0 saturated heterocycles. The van der Waals surface area contributed by atoms with Crippen molar-refractivity contribution in [3.05, 3.63) is 24.0 Å². The number of primary amides is 1. The number of urea groups is 1.